The molecule has 4 saturated heterocycles. The van der Waals surface area contributed by atoms with Crippen LogP contribution in [-0.4, -0.2) is 122 Å². The van der Waals surface area contributed by atoms with Gasteiger partial charge in [-0.3, -0.25) is 34.5 Å². The standard InChI is InChI=1S/C45H53N9O5/c1-45(14-15-45)59-32-3-5-36-35(23-32)41(50-49-36)38-24-37(46-27-47-38)30-12-18-52(19-13-30)25-28-8-16-51(17-9-28)26-29-10-20-53(21-11-29)31-2-4-33-34(22-31)44(58)54(43(33)57)39-6-7-40(55)48-42(39)56/h2-5,22-24,27-30,39H,6-21,25-26H2,1H3,(H,49,50)(H,48,55,56). The van der Waals surface area contributed by atoms with E-state index in [-0.39, 0.29) is 24.3 Å². The van der Waals surface area contributed by atoms with Crippen LogP contribution in [0, 0.1) is 11.8 Å². The van der Waals surface area contributed by atoms with Crippen LogP contribution in [0.15, 0.2) is 48.8 Å². The van der Waals surface area contributed by atoms with Crippen LogP contribution in [-0.2, 0) is 9.59 Å². The van der Waals surface area contributed by atoms with Crippen molar-refractivity contribution in [2.45, 2.75) is 88.7 Å². The maximum Gasteiger partial charge on any atom is 0.262 e. The molecule has 7 heterocycles. The van der Waals surface area contributed by atoms with Crippen LogP contribution in [0.3, 0.4) is 0 Å². The lowest BCUT2D eigenvalue weighted by Crippen LogP contribution is -2.54. The second-order valence-corrected chi connectivity index (χ2v) is 18.1. The van der Waals surface area contributed by atoms with Crippen LogP contribution >= 0.6 is 0 Å². The van der Waals surface area contributed by atoms with Gasteiger partial charge in [0.05, 0.1) is 22.3 Å². The first-order valence-corrected chi connectivity index (χ1v) is 21.7. The predicted octanol–water partition coefficient (Wildman–Crippen LogP) is 5.16. The number of H-pyrrole nitrogens is 1. The highest BCUT2D eigenvalue weighted by Crippen LogP contribution is 2.41. The van der Waals surface area contributed by atoms with Gasteiger partial charge in [0.1, 0.15) is 29.4 Å². The molecule has 0 radical (unpaired) electrons. The van der Waals surface area contributed by atoms with Gasteiger partial charge >= 0.3 is 0 Å². The minimum atomic E-state index is -0.950. The molecule has 2 N–H and O–H groups in total. The maximum absolute atomic E-state index is 13.4. The second kappa shape index (κ2) is 15.4. The predicted molar refractivity (Wildman–Crippen MR) is 221 cm³/mol. The third-order valence-electron chi connectivity index (χ3n) is 13.9. The number of benzene rings is 2. The number of hydrogen-bond acceptors (Lipinski definition) is 11. The highest BCUT2D eigenvalue weighted by atomic mass is 16.5. The molecule has 14 heteroatoms. The van der Waals surface area contributed by atoms with Crippen LogP contribution in [0.25, 0.3) is 22.3 Å². The first-order valence-electron chi connectivity index (χ1n) is 21.7. The summed E-state index contributed by atoms with van der Waals surface area (Å²) in [5.74, 6) is 0.794. The van der Waals surface area contributed by atoms with Gasteiger partial charge in [-0.1, -0.05) is 0 Å². The number of aromatic amines is 1. The molecule has 6 aliphatic rings. The van der Waals surface area contributed by atoms with Crippen LogP contribution in [0.4, 0.5) is 5.69 Å². The number of carbonyl (C=O) groups is 4. The maximum atomic E-state index is 13.4. The number of amides is 4. The van der Waals surface area contributed by atoms with Crippen molar-refractivity contribution >= 4 is 40.2 Å². The molecule has 1 saturated carbocycles. The third-order valence-corrected chi connectivity index (χ3v) is 13.9. The summed E-state index contributed by atoms with van der Waals surface area (Å²) in [4.78, 5) is 68.7. The van der Waals surface area contributed by atoms with E-state index in [2.05, 4.69) is 54.3 Å². The van der Waals surface area contributed by atoms with E-state index in [0.717, 1.165) is 135 Å². The van der Waals surface area contributed by atoms with Crippen molar-refractivity contribution in [3.05, 3.63) is 65.6 Å². The highest BCUT2D eigenvalue weighted by molar-refractivity contribution is 6.23. The van der Waals surface area contributed by atoms with Gasteiger partial charge in [-0.25, -0.2) is 9.97 Å². The lowest BCUT2D eigenvalue weighted by Gasteiger charge is -2.40. The van der Waals surface area contributed by atoms with Gasteiger partial charge in [-0.2, -0.15) is 5.10 Å². The van der Waals surface area contributed by atoms with Gasteiger partial charge in [-0.15, -0.1) is 0 Å². The van der Waals surface area contributed by atoms with Crippen molar-refractivity contribution < 1.29 is 23.9 Å². The number of imide groups is 2. The Bertz CT molecular complexity index is 2280. The zero-order chi connectivity index (χ0) is 40.3. The van der Waals surface area contributed by atoms with Gasteiger partial charge in [-0.05, 0) is 145 Å². The number of rotatable bonds is 10. The molecule has 5 fully saturated rings. The Kier molecular flexibility index (Phi) is 9.94. The second-order valence-electron chi connectivity index (χ2n) is 18.1. The number of piperidine rings is 4. The van der Waals surface area contributed by atoms with E-state index in [1.165, 1.54) is 19.4 Å². The van der Waals surface area contributed by atoms with Gasteiger partial charge in [0, 0.05) is 55.3 Å². The Morgan fingerprint density at radius 2 is 1.46 bits per heavy atom. The molecule has 10 rings (SSSR count). The van der Waals surface area contributed by atoms with E-state index in [0.29, 0.717) is 23.0 Å². The highest BCUT2D eigenvalue weighted by Gasteiger charge is 2.45. The number of nitrogens with zero attached hydrogens (tertiary/aromatic N) is 7. The van der Waals surface area contributed by atoms with Gasteiger partial charge in [0.25, 0.3) is 11.8 Å². The lowest BCUT2D eigenvalue weighted by molar-refractivity contribution is -0.136. The van der Waals surface area contributed by atoms with Crippen molar-refractivity contribution in [1.82, 2.24) is 40.2 Å². The number of fused-ring (bicyclic) bond motifs is 2. The Morgan fingerprint density at radius 1 is 0.763 bits per heavy atom. The number of ether oxygens (including phenoxy) is 1. The Morgan fingerprint density at radius 3 is 2.17 bits per heavy atom. The fourth-order valence-corrected chi connectivity index (χ4v) is 10.1. The molecular weight excluding hydrogens is 747 g/mol. The van der Waals surface area contributed by atoms with Crippen LogP contribution < -0.4 is 15.0 Å². The van der Waals surface area contributed by atoms with Crippen LogP contribution in [0.2, 0.25) is 0 Å². The van der Waals surface area contributed by atoms with Gasteiger partial charge in [0.15, 0.2) is 0 Å². The molecule has 0 bridgehead atoms. The molecule has 2 aromatic carbocycles. The van der Waals surface area contributed by atoms with E-state index >= 15 is 0 Å². The molecule has 2 aromatic heterocycles. The topological polar surface area (TPSA) is 157 Å². The minimum Gasteiger partial charge on any atom is -0.488 e. The van der Waals surface area contributed by atoms with Crippen molar-refractivity contribution in [1.29, 1.82) is 0 Å². The summed E-state index contributed by atoms with van der Waals surface area (Å²) in [6.45, 7) is 10.8. The summed E-state index contributed by atoms with van der Waals surface area (Å²) in [6.07, 6.45) is 11.0. The van der Waals surface area contributed by atoms with Crippen LogP contribution in [0.1, 0.15) is 103 Å². The fourth-order valence-electron chi connectivity index (χ4n) is 10.1. The molecule has 1 unspecified atom stereocenters. The number of nitrogens with one attached hydrogen (secondary N) is 2. The number of hydrogen-bond donors (Lipinski definition) is 2. The molecular formula is C45H53N9O5. The molecule has 1 atom stereocenters. The molecule has 14 nitrogen and oxygen atoms in total. The lowest BCUT2D eigenvalue weighted by atomic mass is 9.90. The number of likely N-dealkylation sites (tertiary alicyclic amines) is 2. The SMILES string of the molecule is CC1(Oc2ccc3[nH]nc(-c4cc(C5CCN(CC6CCN(CC7CCN(c8ccc9c(c8)C(=O)N(C8CCC(=O)NC8=O)C9=O)CC7)CC6)CC5)ncn4)c3c2)CC1. The Balaban J connectivity index is 0.666. The summed E-state index contributed by atoms with van der Waals surface area (Å²) < 4.78 is 6.24. The fraction of sp³-hybridized carbons (Fsp3) is 0.533. The first-order chi connectivity index (χ1) is 28.7. The van der Waals surface area contributed by atoms with Crippen molar-refractivity contribution in [2.24, 2.45) is 11.8 Å². The Labute approximate surface area is 344 Å². The Hall–Kier alpha value is -5.21. The smallest absolute Gasteiger partial charge is 0.262 e. The van der Waals surface area contributed by atoms with E-state index in [1.54, 1.807) is 12.4 Å². The zero-order valence-electron chi connectivity index (χ0n) is 33.8. The summed E-state index contributed by atoms with van der Waals surface area (Å²) in [6, 6.07) is 12.8. The molecule has 5 aliphatic heterocycles. The molecule has 59 heavy (non-hydrogen) atoms. The van der Waals surface area contributed by atoms with E-state index in [1.807, 2.05) is 24.3 Å². The van der Waals surface area contributed by atoms with Gasteiger partial charge < -0.3 is 19.4 Å². The first kappa shape index (κ1) is 38.0. The van der Waals surface area contributed by atoms with Crippen molar-refractivity contribution in [3.63, 3.8) is 0 Å². The third kappa shape index (κ3) is 7.72. The van der Waals surface area contributed by atoms with E-state index < -0.39 is 23.8 Å². The molecule has 4 aromatic rings. The number of anilines is 1. The molecule has 1 aliphatic carbocycles. The van der Waals surface area contributed by atoms with E-state index in [4.69, 9.17) is 9.72 Å². The normalized spacial score (nSPS) is 23.6. The van der Waals surface area contributed by atoms with Gasteiger partial charge in [0.2, 0.25) is 11.8 Å². The minimum absolute atomic E-state index is 0.0363. The average Bonchev–Trinajstić information content (AvgIpc) is 3.73. The number of aromatic nitrogens is 4. The number of carbonyl (C=O) groups excluding carboxylic acids is 4. The van der Waals surface area contributed by atoms with Crippen molar-refractivity contribution in [2.75, 3.05) is 57.3 Å². The molecule has 4 amide bonds. The summed E-state index contributed by atoms with van der Waals surface area (Å²) in [7, 11) is 0. The van der Waals surface area contributed by atoms with Crippen LogP contribution in [0.5, 0.6) is 5.75 Å². The summed E-state index contributed by atoms with van der Waals surface area (Å²) in [5.41, 5.74) is 5.36. The van der Waals surface area contributed by atoms with Crippen molar-refractivity contribution in [3.8, 4) is 17.1 Å². The van der Waals surface area contributed by atoms with E-state index in [9.17, 15) is 19.2 Å². The monoisotopic (exact) mass is 799 g/mol. The zero-order valence-corrected chi connectivity index (χ0v) is 33.8. The average molecular weight is 800 g/mol. The molecule has 308 valence electrons. The quantitative estimate of drug-likeness (QED) is 0.204. The molecule has 0 spiro atoms. The summed E-state index contributed by atoms with van der Waals surface area (Å²) in [5, 5.41) is 11.1. The summed E-state index contributed by atoms with van der Waals surface area (Å²) >= 11 is 0. The largest absolute Gasteiger partial charge is 0.488 e.